The van der Waals surface area contributed by atoms with Crippen LogP contribution in [-0.2, 0) is 14.8 Å². The molecule has 1 aromatic rings. The van der Waals surface area contributed by atoms with Crippen molar-refractivity contribution in [3.05, 3.63) is 23.8 Å². The number of carbonyl (C=O) groups excluding carboxylic acids is 1. The highest BCUT2D eigenvalue weighted by atomic mass is 32.2. The molecule has 6 nitrogen and oxygen atoms in total. The van der Waals surface area contributed by atoms with Crippen LogP contribution >= 0.6 is 0 Å². The third kappa shape index (κ3) is 4.01. The van der Waals surface area contributed by atoms with Gasteiger partial charge in [-0.2, -0.15) is 0 Å². The van der Waals surface area contributed by atoms with Gasteiger partial charge in [-0.05, 0) is 50.8 Å². The van der Waals surface area contributed by atoms with Crippen molar-refractivity contribution in [1.29, 1.82) is 0 Å². The molecule has 0 aliphatic carbocycles. The van der Waals surface area contributed by atoms with E-state index in [-0.39, 0.29) is 5.91 Å². The first-order valence-electron chi connectivity index (χ1n) is 8.18. The quantitative estimate of drug-likeness (QED) is 0.813. The van der Waals surface area contributed by atoms with Crippen LogP contribution < -0.4 is 9.04 Å². The van der Waals surface area contributed by atoms with E-state index in [1.807, 2.05) is 13.0 Å². The molecule has 1 atom stereocenters. The molecule has 0 saturated carbocycles. The van der Waals surface area contributed by atoms with Gasteiger partial charge >= 0.3 is 0 Å². The summed E-state index contributed by atoms with van der Waals surface area (Å²) in [6.45, 7) is 4.89. The second kappa shape index (κ2) is 7.42. The topological polar surface area (TPSA) is 66.9 Å². The molecule has 2 rings (SSSR count). The number of anilines is 1. The van der Waals surface area contributed by atoms with Crippen molar-refractivity contribution in [2.45, 2.75) is 39.2 Å². The van der Waals surface area contributed by atoms with E-state index in [1.54, 1.807) is 24.0 Å². The van der Waals surface area contributed by atoms with E-state index in [4.69, 9.17) is 4.74 Å². The second-order valence-corrected chi connectivity index (χ2v) is 8.16. The van der Waals surface area contributed by atoms with E-state index in [2.05, 4.69) is 0 Å². The number of hydrogen-bond acceptors (Lipinski definition) is 4. The molecule has 0 N–H and O–H groups in total. The molecular formula is C17H26N2O4S. The lowest BCUT2D eigenvalue weighted by molar-refractivity contribution is -0.132. The Morgan fingerprint density at radius 3 is 2.42 bits per heavy atom. The fraction of sp³-hybridized carbons (Fsp3) is 0.588. The molecule has 1 amide bonds. The first-order valence-corrected chi connectivity index (χ1v) is 10.0. The van der Waals surface area contributed by atoms with E-state index in [0.29, 0.717) is 24.5 Å². The lowest BCUT2D eigenvalue weighted by atomic mass is 10.1. The number of aryl methyl sites for hydroxylation is 1. The largest absolute Gasteiger partial charge is 0.495 e. The van der Waals surface area contributed by atoms with E-state index < -0.39 is 16.1 Å². The minimum absolute atomic E-state index is 0.163. The first-order chi connectivity index (χ1) is 11.3. The van der Waals surface area contributed by atoms with E-state index in [9.17, 15) is 13.2 Å². The van der Waals surface area contributed by atoms with Crippen LogP contribution in [0.2, 0.25) is 0 Å². The summed E-state index contributed by atoms with van der Waals surface area (Å²) in [5, 5.41) is 0. The van der Waals surface area contributed by atoms with Gasteiger partial charge in [-0.25, -0.2) is 8.42 Å². The molecule has 0 bridgehead atoms. The molecule has 0 aromatic heterocycles. The lowest BCUT2D eigenvalue weighted by Crippen LogP contribution is -2.50. The molecule has 1 aromatic carbocycles. The Morgan fingerprint density at radius 1 is 1.25 bits per heavy atom. The van der Waals surface area contributed by atoms with Gasteiger partial charge in [-0.1, -0.05) is 6.07 Å². The van der Waals surface area contributed by atoms with Crippen molar-refractivity contribution < 1.29 is 17.9 Å². The maximum atomic E-state index is 12.8. The predicted molar refractivity (Wildman–Crippen MR) is 94.9 cm³/mol. The highest BCUT2D eigenvalue weighted by Crippen LogP contribution is 2.33. The van der Waals surface area contributed by atoms with Gasteiger partial charge in [0.25, 0.3) is 0 Å². The highest BCUT2D eigenvalue weighted by Gasteiger charge is 2.34. The maximum Gasteiger partial charge on any atom is 0.246 e. The molecular weight excluding hydrogens is 328 g/mol. The summed E-state index contributed by atoms with van der Waals surface area (Å²) in [6, 6.07) is 4.49. The van der Waals surface area contributed by atoms with Crippen molar-refractivity contribution >= 4 is 21.6 Å². The smallest absolute Gasteiger partial charge is 0.246 e. The Labute approximate surface area is 144 Å². The van der Waals surface area contributed by atoms with E-state index in [0.717, 1.165) is 31.1 Å². The van der Waals surface area contributed by atoms with Crippen LogP contribution in [0.1, 0.15) is 31.7 Å². The predicted octanol–water partition coefficient (Wildman–Crippen LogP) is 2.17. The fourth-order valence-electron chi connectivity index (χ4n) is 3.13. The number of carbonyl (C=O) groups is 1. The van der Waals surface area contributed by atoms with Gasteiger partial charge in [0.15, 0.2) is 0 Å². The summed E-state index contributed by atoms with van der Waals surface area (Å²) in [4.78, 5) is 14.6. The second-order valence-electron chi connectivity index (χ2n) is 6.30. The third-order valence-electron chi connectivity index (χ3n) is 4.31. The minimum Gasteiger partial charge on any atom is -0.495 e. The molecule has 1 fully saturated rings. The third-order valence-corrected chi connectivity index (χ3v) is 5.53. The van der Waals surface area contributed by atoms with Gasteiger partial charge in [-0.15, -0.1) is 0 Å². The Kier molecular flexibility index (Phi) is 5.74. The van der Waals surface area contributed by atoms with Gasteiger partial charge in [0.05, 0.1) is 19.1 Å². The van der Waals surface area contributed by atoms with Gasteiger partial charge in [0.2, 0.25) is 15.9 Å². The van der Waals surface area contributed by atoms with Gasteiger partial charge in [0, 0.05) is 13.1 Å². The van der Waals surface area contributed by atoms with E-state index in [1.165, 1.54) is 11.4 Å². The van der Waals surface area contributed by atoms with E-state index >= 15 is 0 Å². The van der Waals surface area contributed by atoms with Gasteiger partial charge < -0.3 is 9.64 Å². The number of hydrogen-bond donors (Lipinski definition) is 0. The van der Waals surface area contributed by atoms with Crippen LogP contribution in [0.3, 0.4) is 0 Å². The van der Waals surface area contributed by atoms with Crippen LogP contribution in [-0.4, -0.2) is 51.7 Å². The standard InChI is InChI=1S/C17H26N2O4S/c1-13-8-9-16(23-3)15(12-13)19(24(4,21)22)14(2)17(20)18-10-6-5-7-11-18/h8-9,12,14H,5-7,10-11H2,1-4H3/t14-/m0/s1. The number of piperidine rings is 1. The van der Waals surface area contributed by atoms with Crippen molar-refractivity contribution in [1.82, 2.24) is 4.90 Å². The Balaban J connectivity index is 2.42. The van der Waals surface area contributed by atoms with Crippen molar-refractivity contribution in [3.63, 3.8) is 0 Å². The molecule has 0 spiro atoms. The minimum atomic E-state index is -3.64. The Morgan fingerprint density at radius 2 is 1.88 bits per heavy atom. The van der Waals surface area contributed by atoms with Crippen molar-refractivity contribution in [2.24, 2.45) is 0 Å². The Bertz CT molecular complexity index is 697. The zero-order valence-corrected chi connectivity index (χ0v) is 15.6. The molecule has 0 radical (unpaired) electrons. The molecule has 1 aliphatic rings. The van der Waals surface area contributed by atoms with Crippen LogP contribution in [0.25, 0.3) is 0 Å². The summed E-state index contributed by atoms with van der Waals surface area (Å²) in [7, 11) is -2.15. The molecule has 24 heavy (non-hydrogen) atoms. The van der Waals surface area contributed by atoms with Crippen molar-refractivity contribution in [2.75, 3.05) is 30.8 Å². The summed E-state index contributed by atoms with van der Waals surface area (Å²) < 4.78 is 31.4. The van der Waals surface area contributed by atoms with Crippen LogP contribution in [0.4, 0.5) is 5.69 Å². The summed E-state index contributed by atoms with van der Waals surface area (Å²) >= 11 is 0. The SMILES string of the molecule is COc1ccc(C)cc1N([C@@H](C)C(=O)N1CCCCC1)S(C)(=O)=O. The number of rotatable bonds is 5. The highest BCUT2D eigenvalue weighted by molar-refractivity contribution is 7.92. The maximum absolute atomic E-state index is 12.8. The van der Waals surface area contributed by atoms with Crippen LogP contribution in [0.5, 0.6) is 5.75 Å². The summed E-state index contributed by atoms with van der Waals surface area (Å²) in [6.07, 6.45) is 4.16. The zero-order chi connectivity index (χ0) is 17.9. The molecule has 0 unspecified atom stereocenters. The average Bonchev–Trinajstić information content (AvgIpc) is 2.54. The number of amides is 1. The van der Waals surface area contributed by atoms with Gasteiger partial charge in [-0.3, -0.25) is 9.10 Å². The molecule has 1 heterocycles. The average molecular weight is 354 g/mol. The first kappa shape index (κ1) is 18.6. The number of benzene rings is 1. The molecule has 1 saturated heterocycles. The number of ether oxygens (including phenoxy) is 1. The van der Waals surface area contributed by atoms with Crippen LogP contribution in [0, 0.1) is 6.92 Å². The molecule has 7 heteroatoms. The van der Waals surface area contributed by atoms with Gasteiger partial charge in [0.1, 0.15) is 11.8 Å². The number of sulfonamides is 1. The normalized spacial score (nSPS) is 16.6. The number of likely N-dealkylation sites (tertiary alicyclic amines) is 1. The lowest BCUT2D eigenvalue weighted by Gasteiger charge is -2.35. The van der Waals surface area contributed by atoms with Crippen LogP contribution in [0.15, 0.2) is 18.2 Å². The summed E-state index contributed by atoms with van der Waals surface area (Å²) in [5.74, 6) is 0.271. The zero-order valence-electron chi connectivity index (χ0n) is 14.8. The number of methoxy groups -OCH3 is 1. The monoisotopic (exact) mass is 354 g/mol. The molecule has 134 valence electrons. The van der Waals surface area contributed by atoms with Crippen molar-refractivity contribution in [3.8, 4) is 5.75 Å². The fourth-order valence-corrected chi connectivity index (χ4v) is 4.29. The summed E-state index contributed by atoms with van der Waals surface area (Å²) in [5.41, 5.74) is 1.30. The molecule has 1 aliphatic heterocycles. The Hall–Kier alpha value is -1.76. The number of nitrogens with zero attached hydrogens (tertiary/aromatic N) is 2.